The van der Waals surface area contributed by atoms with Crippen LogP contribution in [0.2, 0.25) is 0 Å². The number of esters is 1. The number of methoxy groups -OCH3 is 1. The van der Waals surface area contributed by atoms with Gasteiger partial charge in [-0.15, -0.1) is 0 Å². The number of fused-ring (bicyclic) bond motifs is 1. The summed E-state index contributed by atoms with van der Waals surface area (Å²) >= 11 is 0. The van der Waals surface area contributed by atoms with E-state index in [2.05, 4.69) is 10.3 Å². The summed E-state index contributed by atoms with van der Waals surface area (Å²) in [5, 5.41) is 19.7. The maximum atomic E-state index is 11.9. The van der Waals surface area contributed by atoms with Crippen LogP contribution in [0.15, 0.2) is 41.0 Å². The Bertz CT molecular complexity index is 1080. The monoisotopic (exact) mass is 427 g/mol. The van der Waals surface area contributed by atoms with Gasteiger partial charge in [-0.25, -0.2) is 4.63 Å². The van der Waals surface area contributed by atoms with Crippen LogP contribution >= 0.6 is 0 Å². The molecule has 31 heavy (non-hydrogen) atoms. The molecule has 162 valence electrons. The van der Waals surface area contributed by atoms with Crippen molar-refractivity contribution in [3.63, 3.8) is 0 Å². The van der Waals surface area contributed by atoms with E-state index < -0.39 is 4.92 Å². The largest absolute Gasteiger partial charge is 0.469 e. The number of anilines is 3. The zero-order valence-electron chi connectivity index (χ0n) is 16.9. The summed E-state index contributed by atoms with van der Waals surface area (Å²) in [7, 11) is 1.33. The predicted molar refractivity (Wildman–Crippen MR) is 112 cm³/mol. The van der Waals surface area contributed by atoms with Gasteiger partial charge in [0.1, 0.15) is 5.69 Å². The zero-order valence-corrected chi connectivity index (χ0v) is 16.9. The number of aromatic nitrogens is 2. The molecule has 0 unspecified atom stereocenters. The molecule has 11 heteroatoms. The molecule has 0 N–H and O–H groups in total. The topological polar surface area (TPSA) is 124 Å². The summed E-state index contributed by atoms with van der Waals surface area (Å²) < 4.78 is 15.1. The number of para-hydroxylation sites is 1. The zero-order chi connectivity index (χ0) is 21.8. The Morgan fingerprint density at radius 3 is 2.61 bits per heavy atom. The summed E-state index contributed by atoms with van der Waals surface area (Å²) in [5.74, 6) is -0.370. The molecule has 0 atom stereocenters. The molecule has 1 aliphatic rings. The number of hydrogen-bond acceptors (Lipinski definition) is 10. The number of morpholine rings is 1. The van der Waals surface area contributed by atoms with Gasteiger partial charge in [0.25, 0.3) is 0 Å². The molecule has 1 aromatic heterocycles. The fraction of sp³-hybridized carbons (Fsp3) is 0.350. The normalized spacial score (nSPS) is 13.9. The van der Waals surface area contributed by atoms with E-state index in [1.165, 1.54) is 7.11 Å². The van der Waals surface area contributed by atoms with Crippen LogP contribution in [-0.2, 0) is 14.3 Å². The first-order valence-corrected chi connectivity index (χ1v) is 9.76. The fourth-order valence-electron chi connectivity index (χ4n) is 3.63. The lowest BCUT2D eigenvalue weighted by Gasteiger charge is -2.30. The maximum Gasteiger partial charge on any atom is 0.323 e. The standard InChI is InChI=1S/C20H21N5O6/c1-29-17(26)7-8-24(14-5-3-2-4-6-14)15-13-16(23-9-11-30-12-10-23)20(25(27)28)19-18(15)21-31-22-19/h2-6,13H,7-12H2,1H3. The molecule has 1 fully saturated rings. The van der Waals surface area contributed by atoms with Crippen molar-refractivity contribution in [2.75, 3.05) is 49.8 Å². The van der Waals surface area contributed by atoms with Crippen molar-refractivity contribution in [2.24, 2.45) is 0 Å². The van der Waals surface area contributed by atoms with Gasteiger partial charge in [-0.2, -0.15) is 0 Å². The van der Waals surface area contributed by atoms with E-state index in [1.807, 2.05) is 40.1 Å². The van der Waals surface area contributed by atoms with Gasteiger partial charge in [0.05, 0.1) is 37.4 Å². The van der Waals surface area contributed by atoms with Crippen molar-refractivity contribution < 1.29 is 23.8 Å². The summed E-state index contributed by atoms with van der Waals surface area (Å²) in [6.45, 7) is 2.22. The number of carbonyl (C=O) groups is 1. The number of nitrogens with zero attached hydrogens (tertiary/aromatic N) is 5. The van der Waals surface area contributed by atoms with E-state index in [0.717, 1.165) is 5.69 Å². The Kier molecular flexibility index (Phi) is 5.94. The van der Waals surface area contributed by atoms with Gasteiger partial charge in [-0.1, -0.05) is 18.2 Å². The number of nitro groups is 1. The van der Waals surface area contributed by atoms with E-state index in [1.54, 1.807) is 6.07 Å². The van der Waals surface area contributed by atoms with Crippen molar-refractivity contribution in [1.82, 2.24) is 10.3 Å². The molecule has 2 aromatic carbocycles. The number of rotatable bonds is 7. The summed E-state index contributed by atoms with van der Waals surface area (Å²) in [4.78, 5) is 27.1. The average Bonchev–Trinajstić information content (AvgIpc) is 3.29. The van der Waals surface area contributed by atoms with Gasteiger partial charge in [-0.05, 0) is 28.5 Å². The summed E-state index contributed by atoms with van der Waals surface area (Å²) in [5.41, 5.74) is 1.89. The third kappa shape index (κ3) is 4.12. The first-order chi connectivity index (χ1) is 15.1. The van der Waals surface area contributed by atoms with Gasteiger partial charge in [0.15, 0.2) is 5.52 Å². The van der Waals surface area contributed by atoms with E-state index in [9.17, 15) is 14.9 Å². The number of ether oxygens (including phenoxy) is 2. The van der Waals surface area contributed by atoms with E-state index in [-0.39, 0.29) is 35.7 Å². The maximum absolute atomic E-state index is 11.9. The highest BCUT2D eigenvalue weighted by Gasteiger charge is 2.31. The smallest absolute Gasteiger partial charge is 0.323 e. The van der Waals surface area contributed by atoms with Crippen LogP contribution in [0.3, 0.4) is 0 Å². The second-order valence-electron chi connectivity index (χ2n) is 6.89. The third-order valence-electron chi connectivity index (χ3n) is 5.13. The molecule has 3 aromatic rings. The van der Waals surface area contributed by atoms with Crippen LogP contribution in [0.5, 0.6) is 0 Å². The highest BCUT2D eigenvalue weighted by Crippen LogP contribution is 2.42. The molecule has 0 amide bonds. The molecule has 1 saturated heterocycles. The van der Waals surface area contributed by atoms with Crippen LogP contribution in [0.25, 0.3) is 11.0 Å². The van der Waals surface area contributed by atoms with Crippen molar-refractivity contribution in [1.29, 1.82) is 0 Å². The quantitative estimate of drug-likeness (QED) is 0.316. The second kappa shape index (κ2) is 8.96. The third-order valence-corrected chi connectivity index (χ3v) is 5.13. The molecule has 1 aliphatic heterocycles. The molecule has 4 rings (SSSR count). The Balaban J connectivity index is 1.89. The van der Waals surface area contributed by atoms with Crippen LogP contribution < -0.4 is 9.80 Å². The van der Waals surface area contributed by atoms with Crippen LogP contribution in [0.1, 0.15) is 6.42 Å². The summed E-state index contributed by atoms with van der Waals surface area (Å²) in [6, 6.07) is 11.1. The average molecular weight is 427 g/mol. The van der Waals surface area contributed by atoms with E-state index in [4.69, 9.17) is 14.1 Å². The number of benzene rings is 2. The SMILES string of the molecule is COC(=O)CCN(c1ccccc1)c1cc(N2CCOCC2)c([N+](=O)[O-])c2nonc12. The van der Waals surface area contributed by atoms with Crippen LogP contribution in [0, 0.1) is 10.1 Å². The molecule has 0 spiro atoms. The summed E-state index contributed by atoms with van der Waals surface area (Å²) in [6.07, 6.45) is 0.113. The van der Waals surface area contributed by atoms with E-state index >= 15 is 0 Å². The lowest BCUT2D eigenvalue weighted by atomic mass is 10.1. The lowest BCUT2D eigenvalue weighted by molar-refractivity contribution is -0.382. The van der Waals surface area contributed by atoms with Gasteiger partial charge >= 0.3 is 11.7 Å². The first-order valence-electron chi connectivity index (χ1n) is 9.76. The van der Waals surface area contributed by atoms with Crippen LogP contribution in [0.4, 0.5) is 22.7 Å². The number of nitro benzene ring substituents is 1. The minimum absolute atomic E-state index is 0.0583. The number of hydrogen-bond donors (Lipinski definition) is 0. The van der Waals surface area contributed by atoms with Crippen LogP contribution in [-0.4, -0.2) is 61.2 Å². The van der Waals surface area contributed by atoms with Crippen molar-refractivity contribution in [3.8, 4) is 0 Å². The lowest BCUT2D eigenvalue weighted by Crippen LogP contribution is -2.36. The second-order valence-corrected chi connectivity index (χ2v) is 6.89. The molecule has 0 radical (unpaired) electrons. The van der Waals surface area contributed by atoms with Gasteiger partial charge < -0.3 is 19.3 Å². The fourth-order valence-corrected chi connectivity index (χ4v) is 3.63. The molecule has 11 nitrogen and oxygen atoms in total. The van der Waals surface area contributed by atoms with E-state index in [0.29, 0.717) is 37.7 Å². The highest BCUT2D eigenvalue weighted by atomic mass is 16.6. The Labute approximate surface area is 177 Å². The van der Waals surface area contributed by atoms with Gasteiger partial charge in [0, 0.05) is 25.3 Å². The van der Waals surface area contributed by atoms with Crippen molar-refractivity contribution in [3.05, 3.63) is 46.5 Å². The minimum Gasteiger partial charge on any atom is -0.469 e. The molecule has 0 saturated carbocycles. The molecular weight excluding hydrogens is 406 g/mol. The Morgan fingerprint density at radius 1 is 1.23 bits per heavy atom. The van der Waals surface area contributed by atoms with Gasteiger partial charge in [-0.3, -0.25) is 14.9 Å². The Hall–Kier alpha value is -3.73. The number of carbonyl (C=O) groups excluding carboxylic acids is 1. The van der Waals surface area contributed by atoms with Crippen molar-refractivity contribution in [2.45, 2.75) is 6.42 Å². The molecule has 0 bridgehead atoms. The minimum atomic E-state index is -0.470. The van der Waals surface area contributed by atoms with Gasteiger partial charge in [0.2, 0.25) is 5.52 Å². The molecule has 0 aliphatic carbocycles. The first kappa shape index (κ1) is 20.5. The molecule has 2 heterocycles. The Morgan fingerprint density at radius 2 is 1.94 bits per heavy atom. The van der Waals surface area contributed by atoms with Crippen molar-refractivity contribution >= 4 is 39.8 Å². The predicted octanol–water partition coefficient (Wildman–Crippen LogP) is 2.67. The molecular formula is C20H21N5O6. The highest BCUT2D eigenvalue weighted by molar-refractivity contribution is 6.01.